The Morgan fingerprint density at radius 1 is 0.929 bits per heavy atom. The van der Waals surface area contributed by atoms with E-state index in [-0.39, 0.29) is 0 Å². The van der Waals surface area contributed by atoms with Crippen LogP contribution in [0.1, 0.15) is 24.8 Å². The van der Waals surface area contributed by atoms with Gasteiger partial charge in [0.2, 0.25) is 0 Å². The van der Waals surface area contributed by atoms with E-state index in [1.54, 1.807) is 4.90 Å². The molecular formula is C13H20N+. The van der Waals surface area contributed by atoms with Crippen molar-refractivity contribution in [2.24, 2.45) is 0 Å². The Hall–Kier alpha value is -0.820. The van der Waals surface area contributed by atoms with E-state index in [1.165, 1.54) is 50.9 Å². The van der Waals surface area contributed by atoms with Gasteiger partial charge in [-0.25, -0.2) is 0 Å². The molecule has 0 aromatic heterocycles. The Kier molecular flexibility index (Phi) is 3.58. The van der Waals surface area contributed by atoms with E-state index in [2.05, 4.69) is 30.3 Å². The van der Waals surface area contributed by atoms with Crippen molar-refractivity contribution in [1.82, 2.24) is 0 Å². The standard InChI is InChI=1S/C13H19N/c1-3-7-13(8-4-1)9-12-14-10-5-2-6-11-14/h1,3-4,7-8H,2,5-6,9-12H2/p+1. The van der Waals surface area contributed by atoms with Gasteiger partial charge in [-0.2, -0.15) is 0 Å². The predicted molar refractivity (Wildman–Crippen MR) is 59.6 cm³/mol. The van der Waals surface area contributed by atoms with Gasteiger partial charge < -0.3 is 4.90 Å². The van der Waals surface area contributed by atoms with Gasteiger partial charge >= 0.3 is 0 Å². The summed E-state index contributed by atoms with van der Waals surface area (Å²) in [5.74, 6) is 0. The second-order valence-electron chi connectivity index (χ2n) is 4.30. The smallest absolute Gasteiger partial charge is 0.0811 e. The zero-order valence-corrected chi connectivity index (χ0v) is 8.84. The van der Waals surface area contributed by atoms with E-state index in [0.29, 0.717) is 0 Å². The van der Waals surface area contributed by atoms with Crippen LogP contribution >= 0.6 is 0 Å². The van der Waals surface area contributed by atoms with Gasteiger partial charge in [0, 0.05) is 6.42 Å². The largest absolute Gasteiger partial charge is 0.335 e. The lowest BCUT2D eigenvalue weighted by Gasteiger charge is -2.23. The number of hydrogen-bond acceptors (Lipinski definition) is 0. The van der Waals surface area contributed by atoms with Crippen molar-refractivity contribution in [1.29, 1.82) is 0 Å². The summed E-state index contributed by atoms with van der Waals surface area (Å²) in [5, 5.41) is 0. The van der Waals surface area contributed by atoms with Crippen LogP contribution in [0.15, 0.2) is 30.3 Å². The normalized spacial score (nSPS) is 18.3. The molecule has 1 nitrogen and oxygen atoms in total. The van der Waals surface area contributed by atoms with Crippen LogP contribution in [0.4, 0.5) is 0 Å². The van der Waals surface area contributed by atoms with Crippen molar-refractivity contribution in [2.45, 2.75) is 25.7 Å². The maximum atomic E-state index is 2.24. The summed E-state index contributed by atoms with van der Waals surface area (Å²) in [6.07, 6.45) is 5.57. The summed E-state index contributed by atoms with van der Waals surface area (Å²) in [4.78, 5) is 1.81. The van der Waals surface area contributed by atoms with Gasteiger partial charge in [0.05, 0.1) is 19.6 Å². The highest BCUT2D eigenvalue weighted by Crippen LogP contribution is 1.99. The molecule has 1 aliphatic rings. The van der Waals surface area contributed by atoms with Crippen molar-refractivity contribution in [2.75, 3.05) is 19.6 Å². The highest BCUT2D eigenvalue weighted by atomic mass is 15.1. The predicted octanol–water partition coefficient (Wildman–Crippen LogP) is 1.30. The van der Waals surface area contributed by atoms with Crippen LogP contribution in [-0.4, -0.2) is 19.6 Å². The van der Waals surface area contributed by atoms with Crippen molar-refractivity contribution in [3.05, 3.63) is 35.9 Å². The molecule has 0 saturated carbocycles. The lowest BCUT2D eigenvalue weighted by molar-refractivity contribution is -0.904. The molecule has 0 amide bonds. The second kappa shape index (κ2) is 5.16. The molecule has 0 bridgehead atoms. The minimum atomic E-state index is 1.25. The first-order valence-corrected chi connectivity index (χ1v) is 5.82. The molecule has 1 saturated heterocycles. The average molecular weight is 190 g/mol. The number of nitrogens with one attached hydrogen (secondary N) is 1. The Labute approximate surface area is 86.7 Å². The zero-order chi connectivity index (χ0) is 9.64. The number of likely N-dealkylation sites (tertiary alicyclic amines) is 1. The summed E-state index contributed by atoms with van der Waals surface area (Å²) in [5.41, 5.74) is 1.49. The van der Waals surface area contributed by atoms with E-state index >= 15 is 0 Å². The molecule has 1 fully saturated rings. The molecule has 1 aromatic carbocycles. The van der Waals surface area contributed by atoms with Crippen LogP contribution in [0.5, 0.6) is 0 Å². The molecule has 0 atom stereocenters. The van der Waals surface area contributed by atoms with Crippen molar-refractivity contribution >= 4 is 0 Å². The van der Waals surface area contributed by atoms with Crippen molar-refractivity contribution in [3.63, 3.8) is 0 Å². The van der Waals surface area contributed by atoms with E-state index in [0.717, 1.165) is 0 Å². The molecule has 1 aliphatic heterocycles. The molecule has 1 heteroatoms. The molecule has 0 aliphatic carbocycles. The van der Waals surface area contributed by atoms with Crippen LogP contribution in [0, 0.1) is 0 Å². The highest BCUT2D eigenvalue weighted by Gasteiger charge is 2.12. The third kappa shape index (κ3) is 2.85. The van der Waals surface area contributed by atoms with Gasteiger partial charge in [-0.15, -0.1) is 0 Å². The fourth-order valence-corrected chi connectivity index (χ4v) is 2.27. The van der Waals surface area contributed by atoms with Gasteiger partial charge in [0.25, 0.3) is 0 Å². The molecule has 0 radical (unpaired) electrons. The maximum absolute atomic E-state index is 2.24. The van der Waals surface area contributed by atoms with Gasteiger partial charge in [-0.05, 0) is 24.8 Å². The van der Waals surface area contributed by atoms with Gasteiger partial charge in [0.15, 0.2) is 0 Å². The summed E-state index contributed by atoms with van der Waals surface area (Å²) in [6.45, 7) is 4.11. The quantitative estimate of drug-likeness (QED) is 0.733. The number of benzene rings is 1. The zero-order valence-electron chi connectivity index (χ0n) is 8.84. The van der Waals surface area contributed by atoms with Gasteiger partial charge in [-0.1, -0.05) is 30.3 Å². The number of quaternary nitrogens is 1. The first kappa shape index (κ1) is 9.72. The Morgan fingerprint density at radius 3 is 2.36 bits per heavy atom. The number of hydrogen-bond donors (Lipinski definition) is 1. The summed E-state index contributed by atoms with van der Waals surface area (Å²) in [6, 6.07) is 10.9. The van der Waals surface area contributed by atoms with E-state index in [1.807, 2.05) is 0 Å². The van der Waals surface area contributed by atoms with Crippen LogP contribution in [-0.2, 0) is 6.42 Å². The monoisotopic (exact) mass is 190 g/mol. The lowest BCUT2D eigenvalue weighted by Crippen LogP contribution is -3.13. The summed E-state index contributed by atoms with van der Waals surface area (Å²) in [7, 11) is 0. The van der Waals surface area contributed by atoms with E-state index < -0.39 is 0 Å². The molecule has 0 unspecified atom stereocenters. The van der Waals surface area contributed by atoms with E-state index in [4.69, 9.17) is 0 Å². The van der Waals surface area contributed by atoms with Gasteiger partial charge in [-0.3, -0.25) is 0 Å². The average Bonchev–Trinajstić information content (AvgIpc) is 2.29. The molecule has 2 rings (SSSR count). The third-order valence-corrected chi connectivity index (χ3v) is 3.17. The summed E-state index contributed by atoms with van der Waals surface area (Å²) < 4.78 is 0. The summed E-state index contributed by atoms with van der Waals surface area (Å²) >= 11 is 0. The van der Waals surface area contributed by atoms with E-state index in [9.17, 15) is 0 Å². The Morgan fingerprint density at radius 2 is 1.64 bits per heavy atom. The molecule has 76 valence electrons. The van der Waals surface area contributed by atoms with Crippen LogP contribution in [0.2, 0.25) is 0 Å². The van der Waals surface area contributed by atoms with Crippen molar-refractivity contribution < 1.29 is 4.90 Å². The SMILES string of the molecule is c1ccc(CC[NH+]2CCCCC2)cc1. The third-order valence-electron chi connectivity index (χ3n) is 3.17. The first-order chi connectivity index (χ1) is 6.95. The lowest BCUT2D eigenvalue weighted by atomic mass is 10.1. The fourth-order valence-electron chi connectivity index (χ4n) is 2.27. The minimum absolute atomic E-state index is 1.25. The fraction of sp³-hybridized carbons (Fsp3) is 0.538. The first-order valence-electron chi connectivity index (χ1n) is 5.82. The molecule has 14 heavy (non-hydrogen) atoms. The Bertz CT molecular complexity index is 249. The highest BCUT2D eigenvalue weighted by molar-refractivity contribution is 5.14. The van der Waals surface area contributed by atoms with Crippen LogP contribution in [0.25, 0.3) is 0 Å². The van der Waals surface area contributed by atoms with Crippen LogP contribution in [0.3, 0.4) is 0 Å². The number of piperidine rings is 1. The minimum Gasteiger partial charge on any atom is -0.335 e. The molecule has 1 N–H and O–H groups in total. The maximum Gasteiger partial charge on any atom is 0.0811 e. The molecule has 0 spiro atoms. The molecule has 1 aromatic rings. The van der Waals surface area contributed by atoms with Crippen LogP contribution < -0.4 is 4.90 Å². The molecular weight excluding hydrogens is 170 g/mol. The number of rotatable bonds is 3. The Balaban J connectivity index is 1.76. The molecule has 1 heterocycles. The second-order valence-corrected chi connectivity index (χ2v) is 4.30. The van der Waals surface area contributed by atoms with Crippen molar-refractivity contribution in [3.8, 4) is 0 Å². The topological polar surface area (TPSA) is 4.44 Å². The van der Waals surface area contributed by atoms with Gasteiger partial charge in [0.1, 0.15) is 0 Å².